The average Bonchev–Trinajstić information content (AvgIpc) is 3.53. The number of imidazole rings is 1. The normalized spacial score (nSPS) is 14.4. The summed E-state index contributed by atoms with van der Waals surface area (Å²) in [5.41, 5.74) is 3.99. The smallest absolute Gasteiger partial charge is 0.316 e. The monoisotopic (exact) mass is 415 g/mol. The zero-order chi connectivity index (χ0) is 21.4. The van der Waals surface area contributed by atoms with E-state index in [9.17, 15) is 9.90 Å². The first-order valence-corrected chi connectivity index (χ1v) is 10.0. The van der Waals surface area contributed by atoms with E-state index in [2.05, 4.69) is 20.3 Å². The predicted molar refractivity (Wildman–Crippen MR) is 116 cm³/mol. The largest absolute Gasteiger partial charge is 0.481 e. The van der Waals surface area contributed by atoms with E-state index in [0.717, 1.165) is 33.8 Å². The third kappa shape index (κ3) is 3.68. The van der Waals surface area contributed by atoms with E-state index >= 15 is 0 Å². The highest BCUT2D eigenvalue weighted by molar-refractivity contribution is 5.80. The van der Waals surface area contributed by atoms with Gasteiger partial charge in [-0.05, 0) is 42.7 Å². The van der Waals surface area contributed by atoms with E-state index in [-0.39, 0.29) is 12.6 Å². The Morgan fingerprint density at radius 1 is 1.10 bits per heavy atom. The first-order valence-electron chi connectivity index (χ1n) is 10.0. The minimum Gasteiger partial charge on any atom is -0.481 e. The number of nitrogens with one attached hydrogen (secondary N) is 1. The molecule has 2 N–H and O–H groups in total. The fourth-order valence-electron chi connectivity index (χ4n) is 3.45. The lowest BCUT2D eigenvalue weighted by atomic mass is 10.1. The van der Waals surface area contributed by atoms with Crippen LogP contribution in [0.15, 0.2) is 60.9 Å². The second-order valence-corrected chi connectivity index (χ2v) is 7.81. The molecule has 0 atom stereocenters. The Kier molecular flexibility index (Phi) is 4.54. The van der Waals surface area contributed by atoms with Crippen LogP contribution in [-0.4, -0.2) is 37.2 Å². The molecule has 1 fully saturated rings. The summed E-state index contributed by atoms with van der Waals surface area (Å²) in [6.45, 7) is 0.101. The van der Waals surface area contributed by atoms with Gasteiger partial charge in [-0.25, -0.2) is 15.0 Å². The number of hydrogen-bond acceptors (Lipinski definition) is 6. The molecule has 1 saturated carbocycles. The molecule has 0 radical (unpaired) electrons. The molecule has 31 heavy (non-hydrogen) atoms. The second kappa shape index (κ2) is 7.39. The number of aryl methyl sites for hydroxylation is 1. The molecular formula is C23H21N5O3. The maximum absolute atomic E-state index is 11.2. The summed E-state index contributed by atoms with van der Waals surface area (Å²) in [5, 5.41) is 12.6. The van der Waals surface area contributed by atoms with Gasteiger partial charge in [0.25, 0.3) is 0 Å². The molecule has 2 aromatic heterocycles. The van der Waals surface area contributed by atoms with Gasteiger partial charge in [-0.15, -0.1) is 0 Å². The minimum absolute atomic E-state index is 0.101. The molecule has 1 aliphatic rings. The summed E-state index contributed by atoms with van der Waals surface area (Å²) in [7, 11) is 1.98. The van der Waals surface area contributed by atoms with Crippen LogP contribution in [-0.2, 0) is 11.8 Å². The number of ether oxygens (including phenoxy) is 1. The molecule has 2 aromatic carbocycles. The Labute approximate surface area is 178 Å². The quantitative estimate of drug-likeness (QED) is 0.470. The summed E-state index contributed by atoms with van der Waals surface area (Å²) < 4.78 is 7.50. The van der Waals surface area contributed by atoms with E-state index in [0.29, 0.717) is 12.8 Å². The van der Waals surface area contributed by atoms with Gasteiger partial charge in [0.2, 0.25) is 5.95 Å². The van der Waals surface area contributed by atoms with Gasteiger partial charge in [0.05, 0.1) is 11.0 Å². The van der Waals surface area contributed by atoms with Crippen molar-refractivity contribution in [1.29, 1.82) is 0 Å². The number of para-hydroxylation sites is 2. The van der Waals surface area contributed by atoms with Crippen LogP contribution in [0.25, 0.3) is 22.2 Å². The van der Waals surface area contributed by atoms with Crippen molar-refractivity contribution in [3.05, 3.63) is 60.9 Å². The molecule has 156 valence electrons. The third-order valence-corrected chi connectivity index (χ3v) is 5.67. The Morgan fingerprint density at radius 2 is 1.81 bits per heavy atom. The zero-order valence-electron chi connectivity index (χ0n) is 16.9. The Hall–Kier alpha value is -3.94. The van der Waals surface area contributed by atoms with Gasteiger partial charge >= 0.3 is 12.0 Å². The number of rotatable bonds is 7. The number of fused-ring (bicyclic) bond motifs is 1. The molecule has 5 rings (SSSR count). The fraction of sp³-hybridized carbons (Fsp3) is 0.217. The molecule has 2 heterocycles. The molecule has 0 bridgehead atoms. The maximum atomic E-state index is 11.2. The number of carboxylic acids is 1. The van der Waals surface area contributed by atoms with Crippen LogP contribution < -0.4 is 10.1 Å². The predicted octanol–water partition coefficient (Wildman–Crippen LogP) is 4.02. The lowest BCUT2D eigenvalue weighted by molar-refractivity contribution is -0.144. The van der Waals surface area contributed by atoms with Crippen molar-refractivity contribution in [2.24, 2.45) is 12.5 Å². The zero-order valence-corrected chi connectivity index (χ0v) is 16.9. The lowest BCUT2D eigenvalue weighted by Crippen LogP contribution is -2.23. The molecule has 1 aliphatic carbocycles. The molecule has 0 unspecified atom stereocenters. The first-order chi connectivity index (χ1) is 15.0. The van der Waals surface area contributed by atoms with Crippen LogP contribution in [0.5, 0.6) is 6.01 Å². The van der Waals surface area contributed by atoms with Gasteiger partial charge in [0.15, 0.2) is 0 Å². The minimum atomic E-state index is -0.823. The molecule has 0 aliphatic heterocycles. The van der Waals surface area contributed by atoms with Gasteiger partial charge in [-0.3, -0.25) is 4.79 Å². The topological polar surface area (TPSA) is 102 Å². The van der Waals surface area contributed by atoms with Crippen molar-refractivity contribution < 1.29 is 14.6 Å². The van der Waals surface area contributed by atoms with Crippen molar-refractivity contribution in [2.45, 2.75) is 12.8 Å². The summed E-state index contributed by atoms with van der Waals surface area (Å²) >= 11 is 0. The molecule has 0 spiro atoms. The number of hydrogen-bond donors (Lipinski definition) is 2. The van der Waals surface area contributed by atoms with Gasteiger partial charge in [0, 0.05) is 30.7 Å². The number of aromatic nitrogens is 4. The molecule has 8 heteroatoms. The van der Waals surface area contributed by atoms with Gasteiger partial charge < -0.3 is 19.7 Å². The van der Waals surface area contributed by atoms with Gasteiger partial charge in [-0.1, -0.05) is 24.3 Å². The number of aliphatic carboxylic acids is 1. The molecule has 4 aromatic rings. The summed E-state index contributed by atoms with van der Waals surface area (Å²) in [6.07, 6.45) is 4.62. The number of carboxylic acid groups (broad SMARTS) is 1. The van der Waals surface area contributed by atoms with Crippen LogP contribution >= 0.6 is 0 Å². The Balaban J connectivity index is 1.26. The first kappa shape index (κ1) is 19.0. The third-order valence-electron chi connectivity index (χ3n) is 5.67. The fourth-order valence-corrected chi connectivity index (χ4v) is 3.45. The van der Waals surface area contributed by atoms with Crippen molar-refractivity contribution in [3.63, 3.8) is 0 Å². The Morgan fingerprint density at radius 3 is 2.45 bits per heavy atom. The summed E-state index contributed by atoms with van der Waals surface area (Å²) in [6, 6.07) is 16.1. The van der Waals surface area contributed by atoms with Crippen LogP contribution in [0.3, 0.4) is 0 Å². The van der Waals surface area contributed by atoms with E-state index in [1.807, 2.05) is 60.1 Å². The SMILES string of the molecule is Cn1c(Nc2ccc(-c3cnc(OCC4(C(=O)O)CC4)nc3)cc2)nc2ccccc21. The lowest BCUT2D eigenvalue weighted by Gasteiger charge is -2.10. The van der Waals surface area contributed by atoms with Gasteiger partial charge in [-0.2, -0.15) is 0 Å². The van der Waals surface area contributed by atoms with E-state index in [1.165, 1.54) is 0 Å². The highest BCUT2D eigenvalue weighted by Gasteiger charge is 2.51. The van der Waals surface area contributed by atoms with Crippen molar-refractivity contribution in [2.75, 3.05) is 11.9 Å². The van der Waals surface area contributed by atoms with Crippen LogP contribution in [0.4, 0.5) is 11.6 Å². The van der Waals surface area contributed by atoms with Crippen molar-refractivity contribution >= 4 is 28.6 Å². The van der Waals surface area contributed by atoms with Crippen molar-refractivity contribution in [1.82, 2.24) is 19.5 Å². The van der Waals surface area contributed by atoms with Crippen LogP contribution in [0, 0.1) is 5.41 Å². The number of carbonyl (C=O) groups is 1. The maximum Gasteiger partial charge on any atom is 0.316 e. The molecule has 0 saturated heterocycles. The number of nitrogens with zero attached hydrogens (tertiary/aromatic N) is 4. The van der Waals surface area contributed by atoms with E-state index in [4.69, 9.17) is 4.74 Å². The van der Waals surface area contributed by atoms with Crippen LogP contribution in [0.2, 0.25) is 0 Å². The molecular weight excluding hydrogens is 394 g/mol. The number of benzene rings is 2. The van der Waals surface area contributed by atoms with Gasteiger partial charge in [0.1, 0.15) is 12.0 Å². The molecule has 8 nitrogen and oxygen atoms in total. The van der Waals surface area contributed by atoms with Crippen molar-refractivity contribution in [3.8, 4) is 17.1 Å². The summed E-state index contributed by atoms with van der Waals surface area (Å²) in [5.74, 6) is -0.0509. The molecule has 0 amide bonds. The highest BCUT2D eigenvalue weighted by Crippen LogP contribution is 2.45. The van der Waals surface area contributed by atoms with E-state index < -0.39 is 11.4 Å². The Bertz CT molecular complexity index is 1240. The summed E-state index contributed by atoms with van der Waals surface area (Å²) in [4.78, 5) is 24.3. The highest BCUT2D eigenvalue weighted by atomic mass is 16.5. The van der Waals surface area contributed by atoms with E-state index in [1.54, 1.807) is 12.4 Å². The van der Waals surface area contributed by atoms with Crippen LogP contribution in [0.1, 0.15) is 12.8 Å². The second-order valence-electron chi connectivity index (χ2n) is 7.81. The average molecular weight is 415 g/mol. The number of anilines is 2. The standard InChI is InChI=1S/C23H21N5O3/c1-28-19-5-3-2-4-18(19)27-21(28)26-17-8-6-15(7-9-17)16-12-24-22(25-13-16)31-14-23(10-11-23)20(29)30/h2-9,12-13H,10-11,14H2,1H3,(H,26,27)(H,29,30).